The lowest BCUT2D eigenvalue weighted by atomic mass is 9.75. The third-order valence-electron chi connectivity index (χ3n) is 6.30. The van der Waals surface area contributed by atoms with Crippen molar-refractivity contribution in [2.75, 3.05) is 0 Å². The average Bonchev–Trinajstić information content (AvgIpc) is 3.45. The molecular weight excluding hydrogens is 541 g/mol. The molecule has 0 fully saturated rings. The van der Waals surface area contributed by atoms with E-state index in [-0.39, 0.29) is 12.1 Å². The van der Waals surface area contributed by atoms with Gasteiger partial charge < -0.3 is 10.4 Å². The van der Waals surface area contributed by atoms with E-state index in [4.69, 9.17) is 28.2 Å². The number of carbonyl (C=O) groups is 2. The highest BCUT2D eigenvalue weighted by Gasteiger charge is 2.43. The standard InChI is InChI=1S/C29H21Cl2N3O3S/c30-23-9-8-20(13-24(23)31)25-17-38-28(34-25)29(27(37)33-16-18-5-4-12-32-15-18)11-10-21(22(14-29)26(35)36)19-6-2-1-3-7-19/h1-15,17,21H,16H2,(H,33,37)(H,35,36). The smallest absolute Gasteiger partial charge is 0.332 e. The Labute approximate surface area is 233 Å². The molecule has 0 radical (unpaired) electrons. The van der Waals surface area contributed by atoms with E-state index in [9.17, 15) is 14.7 Å². The number of nitrogens with one attached hydrogen (secondary N) is 1. The SMILES string of the molecule is O=C(O)C1=CC(C(=O)NCc2cccnc2)(c2nc(-c3ccc(Cl)c(Cl)c3)cs2)C=CC1c1ccccc1. The molecule has 0 spiro atoms. The monoisotopic (exact) mass is 561 g/mol. The number of halogens is 2. The van der Waals surface area contributed by atoms with E-state index in [1.54, 1.807) is 48.8 Å². The minimum atomic E-state index is -1.43. The van der Waals surface area contributed by atoms with Crippen LogP contribution in [-0.2, 0) is 21.5 Å². The number of hydrogen-bond acceptors (Lipinski definition) is 5. The van der Waals surface area contributed by atoms with E-state index >= 15 is 0 Å². The third-order valence-corrected chi connectivity index (χ3v) is 8.03. The molecule has 0 saturated heterocycles. The van der Waals surface area contributed by atoms with E-state index in [0.29, 0.717) is 20.7 Å². The van der Waals surface area contributed by atoms with Gasteiger partial charge in [-0.2, -0.15) is 0 Å². The summed E-state index contributed by atoms with van der Waals surface area (Å²) in [6.45, 7) is 0.228. The van der Waals surface area contributed by atoms with Crippen molar-refractivity contribution in [3.8, 4) is 11.3 Å². The number of aliphatic carboxylic acids is 1. The normalized spacial score (nSPS) is 18.6. The van der Waals surface area contributed by atoms with Gasteiger partial charge in [-0.3, -0.25) is 9.78 Å². The fourth-order valence-corrected chi connectivity index (χ4v) is 5.61. The van der Waals surface area contributed by atoms with Crippen LogP contribution < -0.4 is 5.32 Å². The molecule has 1 amide bonds. The first kappa shape index (κ1) is 25.9. The molecule has 2 N–H and O–H groups in total. The zero-order chi connectivity index (χ0) is 26.7. The summed E-state index contributed by atoms with van der Waals surface area (Å²) in [4.78, 5) is 35.2. The summed E-state index contributed by atoms with van der Waals surface area (Å²) in [7, 11) is 0. The van der Waals surface area contributed by atoms with Crippen molar-refractivity contribution in [1.29, 1.82) is 0 Å². The van der Waals surface area contributed by atoms with Gasteiger partial charge >= 0.3 is 5.97 Å². The lowest BCUT2D eigenvalue weighted by Crippen LogP contribution is -2.43. The maximum absolute atomic E-state index is 13.9. The van der Waals surface area contributed by atoms with Crippen LogP contribution >= 0.6 is 34.5 Å². The van der Waals surface area contributed by atoms with Gasteiger partial charge in [-0.25, -0.2) is 9.78 Å². The number of rotatable bonds is 7. The molecule has 1 aliphatic carbocycles. The average molecular weight is 562 g/mol. The molecule has 190 valence electrons. The Morgan fingerprint density at radius 2 is 1.87 bits per heavy atom. The molecule has 2 heterocycles. The van der Waals surface area contributed by atoms with Crippen LogP contribution in [0.3, 0.4) is 0 Å². The molecule has 1 aliphatic rings. The highest BCUT2D eigenvalue weighted by atomic mass is 35.5. The molecule has 2 unspecified atom stereocenters. The van der Waals surface area contributed by atoms with E-state index in [2.05, 4.69) is 10.3 Å². The second-order valence-corrected chi connectivity index (χ2v) is 10.4. The van der Waals surface area contributed by atoms with Crippen LogP contribution in [0.5, 0.6) is 0 Å². The molecule has 2 aromatic heterocycles. The number of amides is 1. The van der Waals surface area contributed by atoms with Gasteiger partial charge in [0.05, 0.1) is 15.7 Å². The van der Waals surface area contributed by atoms with E-state index < -0.39 is 23.2 Å². The predicted octanol–water partition coefficient (Wildman–Crippen LogP) is 6.43. The van der Waals surface area contributed by atoms with Gasteiger partial charge in [0, 0.05) is 41.4 Å². The quantitative estimate of drug-likeness (QED) is 0.253. The molecule has 9 heteroatoms. The number of pyridine rings is 1. The summed E-state index contributed by atoms with van der Waals surface area (Å²) in [5.41, 5.74) is 1.64. The number of thiazole rings is 1. The van der Waals surface area contributed by atoms with Crippen molar-refractivity contribution in [2.24, 2.45) is 0 Å². The van der Waals surface area contributed by atoms with Crippen LogP contribution in [0.15, 0.2) is 102 Å². The first-order valence-electron chi connectivity index (χ1n) is 11.7. The molecule has 5 rings (SSSR count). The molecule has 2 atom stereocenters. The molecule has 6 nitrogen and oxygen atoms in total. The molecule has 0 aliphatic heterocycles. The van der Waals surface area contributed by atoms with Crippen molar-refractivity contribution in [2.45, 2.75) is 17.9 Å². The van der Waals surface area contributed by atoms with Crippen LogP contribution in [-0.4, -0.2) is 27.0 Å². The van der Waals surface area contributed by atoms with Crippen LogP contribution in [0.1, 0.15) is 22.1 Å². The van der Waals surface area contributed by atoms with Crippen molar-refractivity contribution >= 4 is 46.4 Å². The highest BCUT2D eigenvalue weighted by Crippen LogP contribution is 2.42. The van der Waals surface area contributed by atoms with E-state index in [0.717, 1.165) is 16.7 Å². The minimum Gasteiger partial charge on any atom is -0.478 e. The summed E-state index contributed by atoms with van der Waals surface area (Å²) < 4.78 is 0. The Bertz CT molecular complexity index is 1550. The molecule has 4 aromatic rings. The minimum absolute atomic E-state index is 0.0986. The topological polar surface area (TPSA) is 92.2 Å². The Morgan fingerprint density at radius 1 is 1.05 bits per heavy atom. The van der Waals surface area contributed by atoms with Gasteiger partial charge in [0.25, 0.3) is 0 Å². The number of carboxylic acid groups (broad SMARTS) is 1. The largest absolute Gasteiger partial charge is 0.478 e. The maximum atomic E-state index is 13.9. The summed E-state index contributed by atoms with van der Waals surface area (Å²) >= 11 is 13.6. The summed E-state index contributed by atoms with van der Waals surface area (Å²) in [5.74, 6) is -2.01. The third kappa shape index (κ3) is 5.13. The summed E-state index contributed by atoms with van der Waals surface area (Å²) in [5, 5.41) is 16.2. The van der Waals surface area contributed by atoms with Crippen molar-refractivity contribution < 1.29 is 14.7 Å². The van der Waals surface area contributed by atoms with Gasteiger partial charge in [-0.1, -0.05) is 77.8 Å². The number of aromatic nitrogens is 2. The molecule has 2 aromatic carbocycles. The van der Waals surface area contributed by atoms with E-state index in [1.165, 1.54) is 17.4 Å². The van der Waals surface area contributed by atoms with Crippen molar-refractivity contribution in [1.82, 2.24) is 15.3 Å². The second kappa shape index (κ2) is 10.9. The first-order chi connectivity index (χ1) is 18.4. The fraction of sp³-hybridized carbons (Fsp3) is 0.103. The second-order valence-electron chi connectivity index (χ2n) is 8.73. The number of benzene rings is 2. The molecular formula is C29H21Cl2N3O3S. The number of allylic oxidation sites excluding steroid dienone is 1. The number of hydrogen-bond donors (Lipinski definition) is 2. The van der Waals surface area contributed by atoms with Gasteiger partial charge in [0.1, 0.15) is 10.4 Å². The molecule has 0 bridgehead atoms. The van der Waals surface area contributed by atoms with Crippen LogP contribution in [0.4, 0.5) is 0 Å². The van der Waals surface area contributed by atoms with Crippen LogP contribution in [0.2, 0.25) is 10.0 Å². The lowest BCUT2D eigenvalue weighted by Gasteiger charge is -2.30. The number of nitrogens with zero attached hydrogens (tertiary/aromatic N) is 2. The summed E-state index contributed by atoms with van der Waals surface area (Å²) in [6.07, 6.45) is 8.35. The van der Waals surface area contributed by atoms with Gasteiger partial charge in [0.15, 0.2) is 0 Å². The van der Waals surface area contributed by atoms with Crippen molar-refractivity contribution in [3.63, 3.8) is 0 Å². The Kier molecular flexibility index (Phi) is 7.42. The summed E-state index contributed by atoms with van der Waals surface area (Å²) in [6, 6.07) is 18.1. The van der Waals surface area contributed by atoms with Crippen LogP contribution in [0.25, 0.3) is 11.3 Å². The van der Waals surface area contributed by atoms with Gasteiger partial charge in [-0.15, -0.1) is 11.3 Å². The first-order valence-corrected chi connectivity index (χ1v) is 13.3. The Morgan fingerprint density at radius 3 is 2.58 bits per heavy atom. The fourth-order valence-electron chi connectivity index (χ4n) is 4.34. The highest BCUT2D eigenvalue weighted by molar-refractivity contribution is 7.10. The molecule has 38 heavy (non-hydrogen) atoms. The lowest BCUT2D eigenvalue weighted by molar-refractivity contribution is -0.132. The van der Waals surface area contributed by atoms with Crippen LogP contribution in [0, 0.1) is 0 Å². The van der Waals surface area contributed by atoms with E-state index in [1.807, 2.05) is 41.8 Å². The predicted molar refractivity (Wildman–Crippen MR) is 149 cm³/mol. The number of carbonyl (C=O) groups excluding carboxylic acids is 1. The molecule has 0 saturated carbocycles. The number of carboxylic acids is 1. The van der Waals surface area contributed by atoms with Gasteiger partial charge in [-0.05, 0) is 35.4 Å². The van der Waals surface area contributed by atoms with Crippen molar-refractivity contribution in [3.05, 3.63) is 128 Å². The zero-order valence-electron chi connectivity index (χ0n) is 19.8. The Hall–Kier alpha value is -3.78. The maximum Gasteiger partial charge on any atom is 0.332 e. The Balaban J connectivity index is 1.58. The van der Waals surface area contributed by atoms with Gasteiger partial charge in [0.2, 0.25) is 5.91 Å². The zero-order valence-corrected chi connectivity index (χ0v) is 22.2.